The summed E-state index contributed by atoms with van der Waals surface area (Å²) in [5, 5.41) is 0. The Kier molecular flexibility index (Phi) is 5.76. The molecule has 0 saturated carbocycles. The van der Waals surface area contributed by atoms with Gasteiger partial charge in [-0.05, 0) is 49.1 Å². The van der Waals surface area contributed by atoms with E-state index >= 15 is 0 Å². The Balaban J connectivity index is 2.42. The number of rotatable bonds is 5. The first-order chi connectivity index (χ1) is 10.0. The molecule has 0 radical (unpaired) electrons. The van der Waals surface area contributed by atoms with Crippen molar-refractivity contribution in [3.05, 3.63) is 69.2 Å². The first-order valence-corrected chi connectivity index (χ1v) is 8.81. The minimum absolute atomic E-state index is 0.234. The largest absolute Gasteiger partial charge is 0.126 e. The van der Waals surface area contributed by atoms with Crippen LogP contribution in [0.5, 0.6) is 0 Å². The Morgan fingerprint density at radius 1 is 0.952 bits per heavy atom. The van der Waals surface area contributed by atoms with Crippen LogP contribution in [-0.4, -0.2) is 11.8 Å². The van der Waals surface area contributed by atoms with Gasteiger partial charge in [0.15, 0.2) is 0 Å². The molecule has 0 aliphatic carbocycles. The van der Waals surface area contributed by atoms with E-state index in [1.807, 2.05) is 12.1 Å². The highest BCUT2D eigenvalue weighted by atomic mass is 79.9. The van der Waals surface area contributed by atoms with Crippen LogP contribution in [0.4, 0.5) is 0 Å². The molecule has 2 aromatic carbocycles. The Hall–Kier alpha value is -0.500. The van der Waals surface area contributed by atoms with Gasteiger partial charge >= 0.3 is 0 Å². The van der Waals surface area contributed by atoms with E-state index in [4.69, 9.17) is 23.2 Å². The van der Waals surface area contributed by atoms with Crippen molar-refractivity contribution in [1.29, 1.82) is 0 Å². The quantitative estimate of drug-likeness (QED) is 0.551. The van der Waals surface area contributed by atoms with Crippen LogP contribution >= 0.6 is 39.1 Å². The van der Waals surface area contributed by atoms with Crippen molar-refractivity contribution in [3.63, 3.8) is 0 Å². The Labute approximate surface area is 145 Å². The minimum Gasteiger partial charge on any atom is -0.126 e. The van der Waals surface area contributed by atoms with Gasteiger partial charge in [0.25, 0.3) is 0 Å². The summed E-state index contributed by atoms with van der Waals surface area (Å²) in [6.07, 6.45) is 0.856. The minimum atomic E-state index is -0.234. The molecule has 0 bridgehead atoms. The van der Waals surface area contributed by atoms with Crippen LogP contribution in [0.15, 0.2) is 46.9 Å². The summed E-state index contributed by atoms with van der Waals surface area (Å²) in [5.41, 5.74) is 4.83. The van der Waals surface area contributed by atoms with Crippen LogP contribution in [0.3, 0.4) is 0 Å². The van der Waals surface area contributed by atoms with Crippen molar-refractivity contribution in [2.75, 3.05) is 11.8 Å². The van der Waals surface area contributed by atoms with E-state index in [1.165, 1.54) is 22.3 Å². The molecule has 2 aromatic rings. The fourth-order valence-corrected chi connectivity index (χ4v) is 3.59. The summed E-state index contributed by atoms with van der Waals surface area (Å²) < 4.78 is 1.07. The van der Waals surface area contributed by atoms with Crippen LogP contribution in [0.2, 0.25) is 0 Å². The molecule has 0 heterocycles. The zero-order chi connectivity index (χ0) is 15.5. The molecule has 0 nitrogen and oxygen atoms in total. The summed E-state index contributed by atoms with van der Waals surface area (Å²) in [4.78, 5) is 0. The molecule has 0 aliphatic heterocycles. The van der Waals surface area contributed by atoms with E-state index in [2.05, 4.69) is 60.1 Å². The van der Waals surface area contributed by atoms with Gasteiger partial charge in [-0.2, -0.15) is 0 Å². The summed E-state index contributed by atoms with van der Waals surface area (Å²) in [6, 6.07) is 14.9. The molecule has 0 aliphatic rings. The first kappa shape index (κ1) is 16.9. The number of hydrogen-bond acceptors (Lipinski definition) is 0. The maximum Gasteiger partial charge on any atom is 0.0335 e. The Morgan fingerprint density at radius 3 is 2.14 bits per heavy atom. The highest BCUT2D eigenvalue weighted by Gasteiger charge is 2.31. The third-order valence-corrected chi connectivity index (χ3v) is 5.55. The van der Waals surface area contributed by atoms with E-state index in [0.717, 1.165) is 10.9 Å². The molecule has 0 amide bonds. The molecule has 2 rings (SSSR count). The second-order valence-corrected chi connectivity index (χ2v) is 7.11. The predicted molar refractivity (Wildman–Crippen MR) is 96.9 cm³/mol. The second kappa shape index (κ2) is 7.17. The van der Waals surface area contributed by atoms with Crippen molar-refractivity contribution in [3.8, 4) is 0 Å². The van der Waals surface area contributed by atoms with Crippen molar-refractivity contribution in [2.24, 2.45) is 0 Å². The lowest BCUT2D eigenvalue weighted by atomic mass is 9.77. The van der Waals surface area contributed by atoms with Crippen LogP contribution in [0.25, 0.3) is 0 Å². The number of benzene rings is 2. The molecule has 0 unspecified atom stereocenters. The van der Waals surface area contributed by atoms with Crippen molar-refractivity contribution < 1.29 is 0 Å². The summed E-state index contributed by atoms with van der Waals surface area (Å²) in [7, 11) is 0. The topological polar surface area (TPSA) is 0 Å². The molecular weight excluding hydrogens is 367 g/mol. The van der Waals surface area contributed by atoms with Gasteiger partial charge < -0.3 is 0 Å². The zero-order valence-corrected chi connectivity index (χ0v) is 15.4. The standard InChI is InChI=1S/C18H19BrCl2/c1-13-3-4-14(2)15(9-13)10-18(11-20,12-21)16-5-7-17(19)8-6-16/h3-9H,10-12H2,1-2H3. The van der Waals surface area contributed by atoms with Crippen LogP contribution in [-0.2, 0) is 11.8 Å². The van der Waals surface area contributed by atoms with Gasteiger partial charge in [0, 0.05) is 21.6 Å². The lowest BCUT2D eigenvalue weighted by Crippen LogP contribution is -2.33. The zero-order valence-electron chi connectivity index (χ0n) is 12.3. The van der Waals surface area contributed by atoms with Gasteiger partial charge in [-0.25, -0.2) is 0 Å². The fourth-order valence-electron chi connectivity index (χ4n) is 2.55. The van der Waals surface area contributed by atoms with Crippen molar-refractivity contribution >= 4 is 39.1 Å². The van der Waals surface area contributed by atoms with Gasteiger partial charge in [0.1, 0.15) is 0 Å². The molecule has 0 fully saturated rings. The predicted octanol–water partition coefficient (Wildman–Crippen LogP) is 6.02. The number of halogens is 3. The first-order valence-electron chi connectivity index (χ1n) is 6.95. The molecule has 112 valence electrons. The Morgan fingerprint density at radius 2 is 1.57 bits per heavy atom. The van der Waals surface area contributed by atoms with Crippen LogP contribution in [0.1, 0.15) is 22.3 Å². The summed E-state index contributed by atoms with van der Waals surface area (Å²) >= 11 is 16.2. The van der Waals surface area contributed by atoms with Gasteiger partial charge in [-0.1, -0.05) is 51.8 Å². The number of alkyl halides is 2. The molecule has 21 heavy (non-hydrogen) atoms. The normalized spacial score (nSPS) is 11.7. The smallest absolute Gasteiger partial charge is 0.0335 e. The lowest BCUT2D eigenvalue weighted by molar-refractivity contribution is 0.534. The third-order valence-electron chi connectivity index (χ3n) is 4.00. The van der Waals surface area contributed by atoms with Crippen LogP contribution < -0.4 is 0 Å². The van der Waals surface area contributed by atoms with E-state index in [-0.39, 0.29) is 5.41 Å². The SMILES string of the molecule is Cc1ccc(C)c(CC(CCl)(CCl)c2ccc(Br)cc2)c1. The Bertz CT molecular complexity index is 601. The van der Waals surface area contributed by atoms with E-state index in [9.17, 15) is 0 Å². The average Bonchev–Trinajstić information content (AvgIpc) is 2.49. The van der Waals surface area contributed by atoms with Gasteiger partial charge in [-0.3, -0.25) is 0 Å². The lowest BCUT2D eigenvalue weighted by Gasteiger charge is -2.31. The second-order valence-electron chi connectivity index (χ2n) is 5.66. The van der Waals surface area contributed by atoms with E-state index in [1.54, 1.807) is 0 Å². The highest BCUT2D eigenvalue weighted by molar-refractivity contribution is 9.10. The summed E-state index contributed by atoms with van der Waals surface area (Å²) in [6.45, 7) is 4.26. The summed E-state index contributed by atoms with van der Waals surface area (Å²) in [5.74, 6) is 1.01. The fraction of sp³-hybridized carbons (Fsp3) is 0.333. The van der Waals surface area contributed by atoms with E-state index < -0.39 is 0 Å². The van der Waals surface area contributed by atoms with Crippen LogP contribution in [0, 0.1) is 13.8 Å². The number of hydrogen-bond donors (Lipinski definition) is 0. The van der Waals surface area contributed by atoms with Crippen molar-refractivity contribution in [1.82, 2.24) is 0 Å². The molecule has 3 heteroatoms. The maximum absolute atomic E-state index is 6.34. The molecule has 0 N–H and O–H groups in total. The molecule has 0 saturated heterocycles. The monoisotopic (exact) mass is 384 g/mol. The molecule has 0 spiro atoms. The third kappa shape index (κ3) is 3.83. The number of aryl methyl sites for hydroxylation is 2. The van der Waals surface area contributed by atoms with E-state index in [0.29, 0.717) is 11.8 Å². The van der Waals surface area contributed by atoms with Crippen molar-refractivity contribution in [2.45, 2.75) is 25.7 Å². The van der Waals surface area contributed by atoms with Gasteiger partial charge in [0.2, 0.25) is 0 Å². The molecule has 0 aromatic heterocycles. The van der Waals surface area contributed by atoms with Gasteiger partial charge in [0.05, 0.1) is 0 Å². The maximum atomic E-state index is 6.34. The highest BCUT2D eigenvalue weighted by Crippen LogP contribution is 2.33. The molecular formula is C18H19BrCl2. The molecule has 0 atom stereocenters. The average molecular weight is 386 g/mol. The van der Waals surface area contributed by atoms with Gasteiger partial charge in [-0.15, -0.1) is 23.2 Å².